The van der Waals surface area contributed by atoms with Gasteiger partial charge in [-0.15, -0.1) is 0 Å². The van der Waals surface area contributed by atoms with E-state index < -0.39 is 5.97 Å². The fraction of sp³-hybridized carbons (Fsp3) is 0.417. The number of rotatable bonds is 2. The topological polar surface area (TPSA) is 40.5 Å². The highest BCUT2D eigenvalue weighted by Gasteiger charge is 2.59. The van der Waals surface area contributed by atoms with Crippen molar-refractivity contribution in [3.8, 4) is 0 Å². The average Bonchev–Trinajstić information content (AvgIpc) is 2.77. The molecule has 0 unspecified atom stereocenters. The maximum absolute atomic E-state index is 10.8. The average molecular weight is 203 g/mol. The minimum atomic E-state index is -0.613. The molecule has 1 aromatic rings. The first-order valence-corrected chi connectivity index (χ1v) is 5.30. The van der Waals surface area contributed by atoms with Crippen molar-refractivity contribution in [1.82, 2.24) is 0 Å². The molecule has 15 heavy (non-hydrogen) atoms. The van der Waals surface area contributed by atoms with E-state index in [2.05, 4.69) is 17.0 Å². The van der Waals surface area contributed by atoms with Crippen LogP contribution in [0, 0.1) is 17.8 Å². The van der Waals surface area contributed by atoms with Crippen LogP contribution in [-0.4, -0.2) is 24.2 Å². The lowest BCUT2D eigenvalue weighted by atomic mass is 10.2. The fourth-order valence-corrected chi connectivity index (χ4v) is 2.74. The Morgan fingerprint density at radius 1 is 1.20 bits per heavy atom. The predicted molar refractivity (Wildman–Crippen MR) is 56.8 cm³/mol. The van der Waals surface area contributed by atoms with Crippen molar-refractivity contribution in [2.45, 2.75) is 0 Å². The maximum atomic E-state index is 10.8. The molecule has 0 radical (unpaired) electrons. The van der Waals surface area contributed by atoms with E-state index >= 15 is 0 Å². The van der Waals surface area contributed by atoms with Gasteiger partial charge in [0.05, 0.1) is 5.92 Å². The van der Waals surface area contributed by atoms with E-state index in [1.54, 1.807) is 0 Å². The number of benzene rings is 1. The number of carboxylic acids is 1. The molecule has 3 rings (SSSR count). The van der Waals surface area contributed by atoms with Gasteiger partial charge in [0, 0.05) is 18.8 Å². The van der Waals surface area contributed by atoms with Crippen molar-refractivity contribution in [3.63, 3.8) is 0 Å². The summed E-state index contributed by atoms with van der Waals surface area (Å²) >= 11 is 0. The Morgan fingerprint density at radius 2 is 1.80 bits per heavy atom. The smallest absolute Gasteiger partial charge is 0.307 e. The SMILES string of the molecule is O=C(O)[C@H]1[C@@H]2CN(c3ccccc3)C[C@@H]21. The highest BCUT2D eigenvalue weighted by molar-refractivity contribution is 5.75. The highest BCUT2D eigenvalue weighted by Crippen LogP contribution is 2.52. The lowest BCUT2D eigenvalue weighted by Gasteiger charge is -2.21. The normalized spacial score (nSPS) is 32.5. The molecule has 1 saturated heterocycles. The number of nitrogens with zero attached hydrogens (tertiary/aromatic N) is 1. The largest absolute Gasteiger partial charge is 0.481 e. The van der Waals surface area contributed by atoms with Crippen molar-refractivity contribution >= 4 is 11.7 Å². The summed E-state index contributed by atoms with van der Waals surface area (Å²) in [7, 11) is 0. The van der Waals surface area contributed by atoms with Crippen LogP contribution in [0.2, 0.25) is 0 Å². The molecule has 3 nitrogen and oxygen atoms in total. The summed E-state index contributed by atoms with van der Waals surface area (Å²) in [6.45, 7) is 1.82. The van der Waals surface area contributed by atoms with Crippen LogP contribution < -0.4 is 4.90 Å². The van der Waals surface area contributed by atoms with Gasteiger partial charge in [0.2, 0.25) is 0 Å². The van der Waals surface area contributed by atoms with Crippen LogP contribution >= 0.6 is 0 Å². The third kappa shape index (κ3) is 1.30. The van der Waals surface area contributed by atoms with E-state index in [1.807, 2.05) is 18.2 Å². The fourth-order valence-electron chi connectivity index (χ4n) is 2.74. The molecule has 78 valence electrons. The minimum absolute atomic E-state index is 0.0648. The van der Waals surface area contributed by atoms with Crippen LogP contribution in [0.15, 0.2) is 30.3 Å². The highest BCUT2D eigenvalue weighted by atomic mass is 16.4. The van der Waals surface area contributed by atoms with E-state index in [0.29, 0.717) is 11.8 Å². The predicted octanol–water partition coefficient (Wildman–Crippen LogP) is 1.45. The molecule has 1 heterocycles. The van der Waals surface area contributed by atoms with E-state index in [1.165, 1.54) is 5.69 Å². The lowest BCUT2D eigenvalue weighted by Crippen LogP contribution is -2.25. The van der Waals surface area contributed by atoms with Crippen molar-refractivity contribution in [2.24, 2.45) is 17.8 Å². The van der Waals surface area contributed by atoms with Gasteiger partial charge in [0.1, 0.15) is 0 Å². The van der Waals surface area contributed by atoms with E-state index in [4.69, 9.17) is 5.11 Å². The van der Waals surface area contributed by atoms with Crippen molar-refractivity contribution in [1.29, 1.82) is 0 Å². The molecule has 1 aliphatic carbocycles. The van der Waals surface area contributed by atoms with Crippen LogP contribution in [0.1, 0.15) is 0 Å². The number of anilines is 1. The maximum Gasteiger partial charge on any atom is 0.307 e. The van der Waals surface area contributed by atoms with E-state index in [-0.39, 0.29) is 5.92 Å². The molecular weight excluding hydrogens is 190 g/mol. The molecule has 0 aromatic heterocycles. The summed E-state index contributed by atoms with van der Waals surface area (Å²) in [5.74, 6) is 0.105. The Bertz CT molecular complexity index is 378. The first-order valence-electron chi connectivity index (χ1n) is 5.30. The summed E-state index contributed by atoms with van der Waals surface area (Å²) < 4.78 is 0. The molecule has 0 bridgehead atoms. The summed E-state index contributed by atoms with van der Waals surface area (Å²) in [4.78, 5) is 13.1. The van der Waals surface area contributed by atoms with Crippen LogP contribution in [0.3, 0.4) is 0 Å². The molecule has 2 aliphatic rings. The Morgan fingerprint density at radius 3 is 2.33 bits per heavy atom. The number of carbonyl (C=O) groups is 1. The molecule has 0 amide bonds. The van der Waals surface area contributed by atoms with E-state index in [9.17, 15) is 4.79 Å². The first-order chi connectivity index (χ1) is 7.27. The Hall–Kier alpha value is -1.51. The second-order valence-corrected chi connectivity index (χ2v) is 4.43. The van der Waals surface area contributed by atoms with Gasteiger partial charge >= 0.3 is 5.97 Å². The second kappa shape index (κ2) is 2.99. The standard InChI is InChI=1S/C12H13NO2/c14-12(15)11-9-6-13(7-10(9)11)8-4-2-1-3-5-8/h1-5,9-11H,6-7H2,(H,14,15)/t9-,10+,11+. The molecule has 3 heteroatoms. The number of aliphatic carboxylic acids is 1. The number of para-hydroxylation sites is 1. The number of piperidine rings is 1. The van der Waals surface area contributed by atoms with Gasteiger partial charge in [-0.05, 0) is 24.0 Å². The molecular formula is C12H13NO2. The zero-order valence-electron chi connectivity index (χ0n) is 8.34. The second-order valence-electron chi connectivity index (χ2n) is 4.43. The van der Waals surface area contributed by atoms with Crippen LogP contribution in [0.4, 0.5) is 5.69 Å². The van der Waals surface area contributed by atoms with Gasteiger partial charge in [0.15, 0.2) is 0 Å². The van der Waals surface area contributed by atoms with Gasteiger partial charge in [-0.25, -0.2) is 0 Å². The van der Waals surface area contributed by atoms with Crippen molar-refractivity contribution in [3.05, 3.63) is 30.3 Å². The Labute approximate surface area is 88.3 Å². The van der Waals surface area contributed by atoms with Gasteiger partial charge in [-0.3, -0.25) is 4.79 Å². The van der Waals surface area contributed by atoms with Crippen molar-refractivity contribution < 1.29 is 9.90 Å². The van der Waals surface area contributed by atoms with Gasteiger partial charge in [-0.2, -0.15) is 0 Å². The number of hydrogen-bond acceptors (Lipinski definition) is 2. The van der Waals surface area contributed by atoms with E-state index in [0.717, 1.165) is 13.1 Å². The number of fused-ring (bicyclic) bond motifs is 1. The monoisotopic (exact) mass is 203 g/mol. The quantitative estimate of drug-likeness (QED) is 0.791. The van der Waals surface area contributed by atoms with Crippen LogP contribution in [0.5, 0.6) is 0 Å². The number of carboxylic acid groups (broad SMARTS) is 1. The third-order valence-electron chi connectivity index (χ3n) is 3.60. The molecule has 1 saturated carbocycles. The Kier molecular flexibility index (Phi) is 1.75. The molecule has 1 N–H and O–H groups in total. The summed E-state index contributed by atoms with van der Waals surface area (Å²) in [5, 5.41) is 8.90. The van der Waals surface area contributed by atoms with Crippen molar-refractivity contribution in [2.75, 3.05) is 18.0 Å². The molecule has 1 aromatic carbocycles. The molecule has 1 aliphatic heterocycles. The molecule has 2 fully saturated rings. The third-order valence-corrected chi connectivity index (χ3v) is 3.60. The Balaban J connectivity index is 1.70. The van der Waals surface area contributed by atoms with Gasteiger partial charge in [0.25, 0.3) is 0 Å². The summed E-state index contributed by atoms with van der Waals surface area (Å²) in [5.41, 5.74) is 1.22. The summed E-state index contributed by atoms with van der Waals surface area (Å²) in [6, 6.07) is 10.2. The first kappa shape index (κ1) is 8.77. The van der Waals surface area contributed by atoms with Gasteiger partial charge < -0.3 is 10.0 Å². The summed E-state index contributed by atoms with van der Waals surface area (Å²) in [6.07, 6.45) is 0. The molecule has 0 spiro atoms. The zero-order chi connectivity index (χ0) is 10.4. The van der Waals surface area contributed by atoms with Crippen LogP contribution in [0.25, 0.3) is 0 Å². The lowest BCUT2D eigenvalue weighted by molar-refractivity contribution is -0.139. The number of hydrogen-bond donors (Lipinski definition) is 1. The zero-order valence-corrected chi connectivity index (χ0v) is 8.34. The molecule has 3 atom stereocenters. The van der Waals surface area contributed by atoms with Gasteiger partial charge in [-0.1, -0.05) is 18.2 Å². The minimum Gasteiger partial charge on any atom is -0.481 e. The van der Waals surface area contributed by atoms with Crippen LogP contribution in [-0.2, 0) is 4.79 Å².